The van der Waals surface area contributed by atoms with Gasteiger partial charge in [0.25, 0.3) is 0 Å². The molecule has 24 heavy (non-hydrogen) atoms. The number of aliphatic imine (C=N–C) groups is 1. The van der Waals surface area contributed by atoms with Crippen LogP contribution >= 0.6 is 11.3 Å². The molecule has 2 heterocycles. The van der Waals surface area contributed by atoms with Gasteiger partial charge in [-0.05, 0) is 17.5 Å². The van der Waals surface area contributed by atoms with Crippen LogP contribution in [0.3, 0.4) is 0 Å². The van der Waals surface area contributed by atoms with Gasteiger partial charge in [-0.3, -0.25) is 0 Å². The van der Waals surface area contributed by atoms with E-state index in [0.717, 1.165) is 21.8 Å². The molecule has 6 nitrogen and oxygen atoms in total. The van der Waals surface area contributed by atoms with Gasteiger partial charge in [0, 0.05) is 18.4 Å². The van der Waals surface area contributed by atoms with Gasteiger partial charge in [0.1, 0.15) is 12.0 Å². The Balaban J connectivity index is 1.65. The molecule has 3 aromatic rings. The number of oxazole rings is 1. The number of thiophene rings is 1. The molecule has 3 N–H and O–H groups in total. The van der Waals surface area contributed by atoms with E-state index in [1.54, 1.807) is 24.7 Å². The lowest BCUT2D eigenvalue weighted by atomic mass is 10.2. The number of nitrogens with one attached hydrogen (secondary N) is 1. The van der Waals surface area contributed by atoms with E-state index in [1.807, 2.05) is 41.8 Å². The maximum atomic E-state index is 5.96. The molecule has 7 heteroatoms. The molecule has 0 aliphatic rings. The van der Waals surface area contributed by atoms with Crippen LogP contribution in [0.15, 0.2) is 57.5 Å². The summed E-state index contributed by atoms with van der Waals surface area (Å²) in [5.41, 5.74) is 8.58. The van der Waals surface area contributed by atoms with E-state index >= 15 is 0 Å². The Kier molecular flexibility index (Phi) is 5.25. The number of rotatable bonds is 6. The quantitative estimate of drug-likeness (QED) is 0.529. The van der Waals surface area contributed by atoms with E-state index in [4.69, 9.17) is 14.9 Å². The number of guanidine groups is 1. The zero-order valence-corrected chi connectivity index (χ0v) is 14.0. The molecule has 0 radical (unpaired) electrons. The van der Waals surface area contributed by atoms with Crippen LogP contribution in [-0.2, 0) is 17.9 Å². The molecule has 0 fully saturated rings. The number of nitrogens with zero attached hydrogens (tertiary/aromatic N) is 2. The van der Waals surface area contributed by atoms with Crippen LogP contribution < -0.4 is 11.1 Å². The topological polar surface area (TPSA) is 85.7 Å². The van der Waals surface area contributed by atoms with Crippen molar-refractivity contribution in [1.29, 1.82) is 0 Å². The molecule has 0 aliphatic carbocycles. The van der Waals surface area contributed by atoms with Gasteiger partial charge in [-0.2, -0.15) is 0 Å². The summed E-state index contributed by atoms with van der Waals surface area (Å²) >= 11 is 1.58. The van der Waals surface area contributed by atoms with Gasteiger partial charge in [0.2, 0.25) is 5.89 Å². The number of aromatic nitrogens is 1. The van der Waals surface area contributed by atoms with Gasteiger partial charge in [-0.1, -0.05) is 24.3 Å². The normalized spacial score (nSPS) is 11.6. The van der Waals surface area contributed by atoms with Crippen molar-refractivity contribution in [2.24, 2.45) is 10.7 Å². The van der Waals surface area contributed by atoms with Crippen LogP contribution in [0.25, 0.3) is 10.8 Å². The predicted molar refractivity (Wildman–Crippen MR) is 95.9 cm³/mol. The highest BCUT2D eigenvalue weighted by Crippen LogP contribution is 2.23. The van der Waals surface area contributed by atoms with Crippen molar-refractivity contribution in [3.63, 3.8) is 0 Å². The van der Waals surface area contributed by atoms with E-state index < -0.39 is 0 Å². The fraction of sp³-hybridized carbons (Fsp3) is 0.176. The summed E-state index contributed by atoms with van der Waals surface area (Å²) in [6, 6.07) is 11.7. The molecule has 124 valence electrons. The minimum atomic E-state index is 0.319. The molecule has 2 aromatic heterocycles. The largest absolute Gasteiger partial charge is 0.443 e. The van der Waals surface area contributed by atoms with Crippen LogP contribution in [-0.4, -0.2) is 18.1 Å². The summed E-state index contributed by atoms with van der Waals surface area (Å²) in [5, 5.41) is 5.07. The van der Waals surface area contributed by atoms with E-state index in [9.17, 15) is 0 Å². The van der Waals surface area contributed by atoms with Crippen LogP contribution in [0.4, 0.5) is 5.69 Å². The van der Waals surface area contributed by atoms with Crippen LogP contribution in [0.1, 0.15) is 11.3 Å². The number of hydrogen-bond donors (Lipinski definition) is 2. The minimum Gasteiger partial charge on any atom is -0.443 e. The minimum absolute atomic E-state index is 0.319. The number of anilines is 1. The number of ether oxygens (including phenoxy) is 1. The number of methoxy groups -OCH3 is 1. The van der Waals surface area contributed by atoms with Gasteiger partial charge in [-0.15, -0.1) is 11.3 Å². The molecule has 1 aromatic carbocycles. The van der Waals surface area contributed by atoms with Crippen molar-refractivity contribution in [2.45, 2.75) is 13.2 Å². The SMILES string of the molecule is COCc1ccccc1NC(N)=NCc1coc(-c2cccs2)n1. The van der Waals surface area contributed by atoms with Crippen molar-refractivity contribution in [2.75, 3.05) is 12.4 Å². The molecule has 0 saturated carbocycles. The summed E-state index contributed by atoms with van der Waals surface area (Å²) in [5.74, 6) is 0.923. The van der Waals surface area contributed by atoms with Crippen LogP contribution in [0, 0.1) is 0 Å². The van der Waals surface area contributed by atoms with Crippen molar-refractivity contribution in [3.05, 3.63) is 59.3 Å². The molecule has 0 amide bonds. The fourth-order valence-corrected chi connectivity index (χ4v) is 2.82. The second kappa shape index (κ2) is 7.76. The highest BCUT2D eigenvalue weighted by Gasteiger charge is 2.07. The van der Waals surface area contributed by atoms with Crippen molar-refractivity contribution >= 4 is 23.0 Å². The summed E-state index contributed by atoms with van der Waals surface area (Å²) < 4.78 is 10.6. The first kappa shape index (κ1) is 16.2. The Morgan fingerprint density at radius 3 is 3.00 bits per heavy atom. The maximum absolute atomic E-state index is 5.96. The summed E-state index contributed by atoms with van der Waals surface area (Å²) in [6.45, 7) is 0.851. The van der Waals surface area contributed by atoms with Crippen LogP contribution in [0.2, 0.25) is 0 Å². The number of hydrogen-bond acceptors (Lipinski definition) is 5. The average molecular weight is 342 g/mol. The Morgan fingerprint density at radius 1 is 1.33 bits per heavy atom. The molecule has 0 bridgehead atoms. The standard InChI is InChI=1S/C17H18N4O2S/c1-22-10-12-5-2-3-6-14(12)21-17(18)19-9-13-11-23-16(20-13)15-7-4-8-24-15/h2-8,11H,9-10H2,1H3,(H3,18,19,21). The highest BCUT2D eigenvalue weighted by atomic mass is 32.1. The molecule has 0 unspecified atom stereocenters. The maximum Gasteiger partial charge on any atom is 0.236 e. The molecule has 0 aliphatic heterocycles. The second-order valence-electron chi connectivity index (χ2n) is 5.04. The van der Waals surface area contributed by atoms with E-state index in [2.05, 4.69) is 15.3 Å². The lowest BCUT2D eigenvalue weighted by Crippen LogP contribution is -2.23. The van der Waals surface area contributed by atoms with Crippen molar-refractivity contribution < 1.29 is 9.15 Å². The zero-order chi connectivity index (χ0) is 16.8. The molecule has 3 rings (SSSR count). The Morgan fingerprint density at radius 2 is 2.21 bits per heavy atom. The lowest BCUT2D eigenvalue weighted by Gasteiger charge is -2.10. The molecule has 0 atom stereocenters. The lowest BCUT2D eigenvalue weighted by molar-refractivity contribution is 0.185. The Labute approximate surface area is 144 Å². The summed E-state index contributed by atoms with van der Waals surface area (Å²) in [7, 11) is 1.66. The second-order valence-corrected chi connectivity index (χ2v) is 5.99. The monoisotopic (exact) mass is 342 g/mol. The summed E-state index contributed by atoms with van der Waals surface area (Å²) in [6.07, 6.45) is 1.60. The third-order valence-electron chi connectivity index (χ3n) is 3.28. The van der Waals surface area contributed by atoms with Gasteiger partial charge in [0.15, 0.2) is 5.96 Å². The van der Waals surface area contributed by atoms with Gasteiger partial charge >= 0.3 is 0 Å². The zero-order valence-electron chi connectivity index (χ0n) is 13.2. The fourth-order valence-electron chi connectivity index (χ4n) is 2.16. The highest BCUT2D eigenvalue weighted by molar-refractivity contribution is 7.13. The smallest absolute Gasteiger partial charge is 0.236 e. The van der Waals surface area contributed by atoms with Crippen molar-refractivity contribution in [3.8, 4) is 10.8 Å². The first-order valence-corrected chi connectivity index (χ1v) is 8.26. The predicted octanol–water partition coefficient (Wildman–Crippen LogP) is 3.48. The molecular weight excluding hydrogens is 324 g/mol. The van der Waals surface area contributed by atoms with E-state index in [1.165, 1.54) is 0 Å². The summed E-state index contributed by atoms with van der Waals surface area (Å²) in [4.78, 5) is 9.71. The third kappa shape index (κ3) is 4.01. The Hall–Kier alpha value is -2.64. The third-order valence-corrected chi connectivity index (χ3v) is 4.13. The van der Waals surface area contributed by atoms with Gasteiger partial charge in [0.05, 0.1) is 18.0 Å². The molecule has 0 spiro atoms. The first-order valence-electron chi connectivity index (χ1n) is 7.38. The van der Waals surface area contributed by atoms with E-state index in [0.29, 0.717) is 25.0 Å². The number of para-hydroxylation sites is 1. The van der Waals surface area contributed by atoms with Crippen LogP contribution in [0.5, 0.6) is 0 Å². The van der Waals surface area contributed by atoms with E-state index in [-0.39, 0.29) is 0 Å². The first-order chi connectivity index (χ1) is 11.8. The number of benzene rings is 1. The van der Waals surface area contributed by atoms with Gasteiger partial charge < -0.3 is 20.2 Å². The Bertz CT molecular complexity index is 812. The average Bonchev–Trinajstić information content (AvgIpc) is 3.26. The van der Waals surface area contributed by atoms with Crippen molar-refractivity contribution in [1.82, 2.24) is 4.98 Å². The number of nitrogens with two attached hydrogens (primary N) is 1. The van der Waals surface area contributed by atoms with Gasteiger partial charge in [-0.25, -0.2) is 9.98 Å². The molecular formula is C17H18N4O2S. The molecule has 0 saturated heterocycles.